The van der Waals surface area contributed by atoms with Crippen molar-refractivity contribution in [1.29, 1.82) is 0 Å². The van der Waals surface area contributed by atoms with E-state index < -0.39 is 0 Å². The van der Waals surface area contributed by atoms with Crippen LogP contribution in [0.2, 0.25) is 0 Å². The number of likely N-dealkylation sites (tertiary alicyclic amines) is 1. The lowest BCUT2D eigenvalue weighted by Gasteiger charge is -2.22. The largest absolute Gasteiger partial charge is 0.396 e. The monoisotopic (exact) mass is 310 g/mol. The first-order chi connectivity index (χ1) is 10.1. The predicted molar refractivity (Wildman–Crippen MR) is 86.8 cm³/mol. The summed E-state index contributed by atoms with van der Waals surface area (Å²) in [7, 11) is 2.09. The van der Waals surface area contributed by atoms with Crippen LogP contribution in [0.4, 0.5) is 0 Å². The minimum Gasteiger partial charge on any atom is -0.396 e. The van der Waals surface area contributed by atoms with Crippen molar-refractivity contribution in [3.8, 4) is 0 Å². The highest BCUT2D eigenvalue weighted by molar-refractivity contribution is 7.10. The Bertz CT molecular complexity index is 475. The van der Waals surface area contributed by atoms with Crippen molar-refractivity contribution in [1.82, 2.24) is 9.80 Å². The van der Waals surface area contributed by atoms with Crippen LogP contribution in [0.1, 0.15) is 29.1 Å². The highest BCUT2D eigenvalue weighted by atomic mass is 32.1. The van der Waals surface area contributed by atoms with Crippen LogP contribution < -0.4 is 0 Å². The fourth-order valence-corrected chi connectivity index (χ4v) is 3.72. The summed E-state index contributed by atoms with van der Waals surface area (Å²) in [5.41, 5.74) is 0.804. The summed E-state index contributed by atoms with van der Waals surface area (Å²) in [4.78, 5) is 18.0. The Balaban J connectivity index is 2.02. The van der Waals surface area contributed by atoms with Crippen molar-refractivity contribution in [3.63, 3.8) is 0 Å². The van der Waals surface area contributed by atoms with Crippen molar-refractivity contribution < 1.29 is 9.90 Å². The lowest BCUT2D eigenvalue weighted by molar-refractivity contribution is 0.0780. The minimum atomic E-state index is 0.117. The molecule has 1 amide bonds. The van der Waals surface area contributed by atoms with Crippen molar-refractivity contribution >= 4 is 17.2 Å². The molecule has 1 saturated heterocycles. The van der Waals surface area contributed by atoms with Crippen LogP contribution in [0.3, 0.4) is 0 Å². The van der Waals surface area contributed by atoms with E-state index in [2.05, 4.69) is 25.8 Å². The van der Waals surface area contributed by atoms with E-state index in [-0.39, 0.29) is 18.4 Å². The molecule has 4 nitrogen and oxygen atoms in total. The number of hydrogen-bond acceptors (Lipinski definition) is 4. The van der Waals surface area contributed by atoms with Crippen LogP contribution >= 0.6 is 11.3 Å². The van der Waals surface area contributed by atoms with Gasteiger partial charge >= 0.3 is 0 Å². The zero-order valence-corrected chi connectivity index (χ0v) is 14.0. The van der Waals surface area contributed by atoms with Gasteiger partial charge in [0, 0.05) is 42.4 Å². The highest BCUT2D eigenvalue weighted by Crippen LogP contribution is 2.26. The number of thiophene rings is 1. The van der Waals surface area contributed by atoms with E-state index in [1.807, 2.05) is 16.3 Å². The number of aliphatic hydroxyl groups excluding tert-OH is 1. The molecule has 2 heterocycles. The van der Waals surface area contributed by atoms with Crippen LogP contribution in [0, 0.1) is 11.8 Å². The normalized spacial score (nSPS) is 22.2. The number of aryl methyl sites for hydroxylation is 1. The average Bonchev–Trinajstić information content (AvgIpc) is 3.12. The molecule has 1 aromatic heterocycles. The Morgan fingerprint density at radius 3 is 2.71 bits per heavy atom. The first-order valence-corrected chi connectivity index (χ1v) is 8.63. The van der Waals surface area contributed by atoms with Crippen LogP contribution in [0.15, 0.2) is 11.4 Å². The zero-order chi connectivity index (χ0) is 15.4. The molecule has 1 aliphatic heterocycles. The molecule has 0 spiro atoms. The van der Waals surface area contributed by atoms with Gasteiger partial charge in [0.15, 0.2) is 0 Å². The second-order valence-corrected chi connectivity index (χ2v) is 6.92. The number of amides is 1. The summed E-state index contributed by atoms with van der Waals surface area (Å²) in [6.45, 7) is 7.76. The summed E-state index contributed by atoms with van der Waals surface area (Å²) >= 11 is 1.65. The van der Waals surface area contributed by atoms with Gasteiger partial charge in [-0.25, -0.2) is 0 Å². The summed E-state index contributed by atoms with van der Waals surface area (Å²) in [5.74, 6) is 0.687. The first-order valence-electron chi connectivity index (χ1n) is 7.75. The molecule has 0 aliphatic carbocycles. The standard InChI is InChI=1S/C16H26N2O2S/c1-4-15-6-12(11-21-15)16(20)18-8-13(7-17(3)5-2)14(9-18)10-19/h6,11,13-14,19H,4-5,7-10H2,1-3H3/t13-,14-/m1/s1. The van der Waals surface area contributed by atoms with Crippen LogP contribution in [-0.4, -0.2) is 60.6 Å². The molecule has 0 radical (unpaired) electrons. The molecule has 0 aromatic carbocycles. The Morgan fingerprint density at radius 1 is 1.43 bits per heavy atom. The lowest BCUT2D eigenvalue weighted by atomic mass is 9.96. The van der Waals surface area contributed by atoms with Crippen LogP contribution in [0.25, 0.3) is 0 Å². The van der Waals surface area contributed by atoms with Gasteiger partial charge in [0.25, 0.3) is 5.91 Å². The Hall–Kier alpha value is -0.910. The first kappa shape index (κ1) is 16.5. The van der Waals surface area contributed by atoms with Gasteiger partial charge in [-0.3, -0.25) is 4.79 Å². The van der Waals surface area contributed by atoms with E-state index in [1.165, 1.54) is 4.88 Å². The van der Waals surface area contributed by atoms with Crippen molar-refractivity contribution in [3.05, 3.63) is 21.9 Å². The number of carbonyl (C=O) groups is 1. The number of nitrogens with zero attached hydrogens (tertiary/aromatic N) is 2. The van der Waals surface area contributed by atoms with Gasteiger partial charge in [-0.2, -0.15) is 0 Å². The molecule has 1 aromatic rings. The summed E-state index contributed by atoms with van der Waals surface area (Å²) < 4.78 is 0. The van der Waals surface area contributed by atoms with Crippen LogP contribution in [0.5, 0.6) is 0 Å². The van der Waals surface area contributed by atoms with E-state index >= 15 is 0 Å². The van der Waals surface area contributed by atoms with Gasteiger partial charge in [0.1, 0.15) is 0 Å². The molecule has 1 aliphatic rings. The Labute approximate surface area is 131 Å². The zero-order valence-electron chi connectivity index (χ0n) is 13.2. The van der Waals surface area contributed by atoms with Gasteiger partial charge in [0.05, 0.1) is 5.56 Å². The van der Waals surface area contributed by atoms with E-state index in [0.29, 0.717) is 12.5 Å². The fraction of sp³-hybridized carbons (Fsp3) is 0.688. The number of hydrogen-bond donors (Lipinski definition) is 1. The van der Waals surface area contributed by atoms with Gasteiger partial charge in [0.2, 0.25) is 0 Å². The third-order valence-corrected chi connectivity index (χ3v) is 5.51. The molecule has 5 heteroatoms. The minimum absolute atomic E-state index is 0.117. The summed E-state index contributed by atoms with van der Waals surface area (Å²) in [6, 6.07) is 2.01. The Morgan fingerprint density at radius 2 is 2.14 bits per heavy atom. The SMILES string of the molecule is CCc1cc(C(=O)N2C[C@@H](CN(C)CC)[C@@H](CO)C2)cs1. The molecule has 118 valence electrons. The van der Waals surface area contributed by atoms with Crippen molar-refractivity contribution in [2.24, 2.45) is 11.8 Å². The molecule has 1 N–H and O–H groups in total. The van der Waals surface area contributed by atoms with Crippen molar-refractivity contribution in [2.75, 3.05) is 39.8 Å². The molecular weight excluding hydrogens is 284 g/mol. The van der Waals surface area contributed by atoms with Crippen molar-refractivity contribution in [2.45, 2.75) is 20.3 Å². The smallest absolute Gasteiger partial charge is 0.254 e. The third kappa shape index (κ3) is 3.84. The summed E-state index contributed by atoms with van der Waals surface area (Å²) in [5, 5.41) is 11.5. The highest BCUT2D eigenvalue weighted by Gasteiger charge is 2.35. The third-order valence-electron chi connectivity index (χ3n) is 4.43. The fourth-order valence-electron chi connectivity index (χ4n) is 2.91. The second-order valence-electron chi connectivity index (χ2n) is 5.92. The number of aliphatic hydroxyl groups is 1. The lowest BCUT2D eigenvalue weighted by Crippen LogP contribution is -2.32. The molecule has 2 rings (SSSR count). The maximum Gasteiger partial charge on any atom is 0.254 e. The molecule has 2 atom stereocenters. The molecular formula is C16H26N2O2S. The van der Waals surface area contributed by atoms with E-state index in [0.717, 1.165) is 31.6 Å². The van der Waals surface area contributed by atoms with E-state index in [9.17, 15) is 9.90 Å². The van der Waals surface area contributed by atoms with E-state index in [4.69, 9.17) is 0 Å². The molecule has 1 fully saturated rings. The molecule has 0 bridgehead atoms. The van der Waals surface area contributed by atoms with Crippen LogP contribution in [-0.2, 0) is 6.42 Å². The molecule has 21 heavy (non-hydrogen) atoms. The topological polar surface area (TPSA) is 43.8 Å². The Kier molecular flexibility index (Phi) is 5.79. The number of carbonyl (C=O) groups excluding carboxylic acids is 1. The predicted octanol–water partition coefficient (Wildman–Crippen LogP) is 1.94. The summed E-state index contributed by atoms with van der Waals surface area (Å²) in [6.07, 6.45) is 0.973. The molecule has 0 unspecified atom stereocenters. The maximum absolute atomic E-state index is 12.6. The second kappa shape index (κ2) is 7.38. The molecule has 0 saturated carbocycles. The quantitative estimate of drug-likeness (QED) is 0.873. The average molecular weight is 310 g/mol. The van der Waals surface area contributed by atoms with E-state index in [1.54, 1.807) is 11.3 Å². The number of rotatable bonds is 6. The maximum atomic E-state index is 12.6. The van der Waals surface area contributed by atoms with Gasteiger partial charge in [-0.15, -0.1) is 11.3 Å². The van der Waals surface area contributed by atoms with Gasteiger partial charge < -0.3 is 14.9 Å². The van der Waals surface area contributed by atoms with Gasteiger partial charge in [-0.1, -0.05) is 13.8 Å². The van der Waals surface area contributed by atoms with Gasteiger partial charge in [-0.05, 0) is 32.0 Å².